The van der Waals surface area contributed by atoms with Crippen LogP contribution in [0, 0.1) is 0 Å². The number of ether oxygens (including phenoxy) is 1. The zero-order valence-electron chi connectivity index (χ0n) is 11.5. The van der Waals surface area contributed by atoms with Gasteiger partial charge in [-0.15, -0.1) is 0 Å². The Morgan fingerprint density at radius 1 is 0.909 bits per heavy atom. The molecule has 112 valence electrons. The molecule has 2 aromatic rings. The van der Waals surface area contributed by atoms with E-state index in [-0.39, 0.29) is 11.1 Å². The third kappa shape index (κ3) is 3.18. The van der Waals surface area contributed by atoms with E-state index in [0.29, 0.717) is 11.1 Å². The predicted octanol–water partition coefficient (Wildman–Crippen LogP) is 1.69. The summed E-state index contributed by atoms with van der Waals surface area (Å²) in [5, 5.41) is 9.25. The number of nitrogens with two attached hydrogens (primary N) is 1. The monoisotopic (exact) mass is 299 g/mol. The van der Waals surface area contributed by atoms with Gasteiger partial charge in [-0.1, -0.05) is 36.4 Å². The highest BCUT2D eigenvalue weighted by molar-refractivity contribution is 6.05. The lowest BCUT2D eigenvalue weighted by Crippen LogP contribution is -2.21. The van der Waals surface area contributed by atoms with E-state index in [4.69, 9.17) is 5.73 Å². The van der Waals surface area contributed by atoms with Crippen LogP contribution in [0.1, 0.15) is 20.7 Å². The number of hydrogen-bond donors (Lipinski definition) is 2. The molecule has 0 fully saturated rings. The number of carbonyl (C=O) groups is 3. The molecule has 0 saturated carbocycles. The molecule has 0 amide bonds. The van der Waals surface area contributed by atoms with Crippen LogP contribution in [0.25, 0.3) is 11.1 Å². The molecule has 0 unspecified atom stereocenters. The van der Waals surface area contributed by atoms with Crippen molar-refractivity contribution in [3.8, 4) is 11.1 Å². The van der Waals surface area contributed by atoms with Gasteiger partial charge in [0, 0.05) is 0 Å². The smallest absolute Gasteiger partial charge is 0.346 e. The second-order valence-corrected chi connectivity index (χ2v) is 4.36. The van der Waals surface area contributed by atoms with Crippen LogP contribution in [0.2, 0.25) is 0 Å². The van der Waals surface area contributed by atoms with Gasteiger partial charge >= 0.3 is 17.9 Å². The van der Waals surface area contributed by atoms with Crippen LogP contribution in [-0.2, 0) is 9.53 Å². The van der Waals surface area contributed by atoms with Crippen molar-refractivity contribution in [1.29, 1.82) is 0 Å². The average molecular weight is 299 g/mol. The minimum atomic E-state index is -1.11. The lowest BCUT2D eigenvalue weighted by atomic mass is 9.95. The van der Waals surface area contributed by atoms with Crippen molar-refractivity contribution in [2.24, 2.45) is 5.73 Å². The molecule has 2 rings (SSSR count). The van der Waals surface area contributed by atoms with Crippen molar-refractivity contribution in [3.63, 3.8) is 0 Å². The first-order valence-corrected chi connectivity index (χ1v) is 6.41. The van der Waals surface area contributed by atoms with Crippen molar-refractivity contribution in [2.75, 3.05) is 6.54 Å². The zero-order valence-corrected chi connectivity index (χ0v) is 11.5. The minimum absolute atomic E-state index is 0.0490. The molecular formula is C16H13NO5. The van der Waals surface area contributed by atoms with E-state index in [1.807, 2.05) is 0 Å². The maximum absolute atomic E-state index is 12.0. The van der Waals surface area contributed by atoms with Gasteiger partial charge in [0.05, 0.1) is 17.7 Å². The zero-order chi connectivity index (χ0) is 16.1. The Bertz CT molecular complexity index is 739. The van der Waals surface area contributed by atoms with E-state index in [9.17, 15) is 19.5 Å². The highest BCUT2D eigenvalue weighted by atomic mass is 16.6. The summed E-state index contributed by atoms with van der Waals surface area (Å²) in [6, 6.07) is 12.6. The summed E-state index contributed by atoms with van der Waals surface area (Å²) in [5.41, 5.74) is 5.99. The Hall–Kier alpha value is -2.99. The molecule has 0 aliphatic rings. The average Bonchev–Trinajstić information content (AvgIpc) is 2.54. The lowest BCUT2D eigenvalue weighted by molar-refractivity contribution is -0.136. The molecule has 0 spiro atoms. The third-order valence-corrected chi connectivity index (χ3v) is 2.97. The molecule has 0 radical (unpaired) electrons. The first-order valence-electron chi connectivity index (χ1n) is 6.41. The van der Waals surface area contributed by atoms with Crippen molar-refractivity contribution in [2.45, 2.75) is 0 Å². The van der Waals surface area contributed by atoms with Gasteiger partial charge in [0.25, 0.3) is 0 Å². The normalized spacial score (nSPS) is 10.0. The van der Waals surface area contributed by atoms with E-state index >= 15 is 0 Å². The molecule has 6 nitrogen and oxygen atoms in total. The van der Waals surface area contributed by atoms with Crippen molar-refractivity contribution in [3.05, 3.63) is 59.7 Å². The maximum atomic E-state index is 12.0. The minimum Gasteiger partial charge on any atom is -0.478 e. The fraction of sp³-hybridized carbons (Fsp3) is 0.0625. The SMILES string of the molecule is NCC(=O)OC(=O)c1ccccc1-c1ccccc1C(=O)O. The molecule has 0 saturated heterocycles. The first-order chi connectivity index (χ1) is 10.5. The summed E-state index contributed by atoms with van der Waals surface area (Å²) in [4.78, 5) is 34.5. The summed E-state index contributed by atoms with van der Waals surface area (Å²) in [6.45, 7) is -0.417. The Labute approximate surface area is 126 Å². The highest BCUT2D eigenvalue weighted by Gasteiger charge is 2.19. The predicted molar refractivity (Wildman–Crippen MR) is 78.3 cm³/mol. The van der Waals surface area contributed by atoms with Crippen LogP contribution in [0.5, 0.6) is 0 Å². The summed E-state index contributed by atoms with van der Waals surface area (Å²) in [7, 11) is 0. The molecule has 3 N–H and O–H groups in total. The third-order valence-electron chi connectivity index (χ3n) is 2.97. The van der Waals surface area contributed by atoms with Gasteiger partial charge < -0.3 is 15.6 Å². The van der Waals surface area contributed by atoms with Gasteiger partial charge in [-0.3, -0.25) is 4.79 Å². The van der Waals surface area contributed by atoms with Crippen LogP contribution in [0.3, 0.4) is 0 Å². The first kappa shape index (κ1) is 15.4. The molecule has 0 aliphatic carbocycles. The van der Waals surface area contributed by atoms with Gasteiger partial charge in [0.1, 0.15) is 0 Å². The molecule has 22 heavy (non-hydrogen) atoms. The Balaban J connectivity index is 2.52. The topological polar surface area (TPSA) is 107 Å². The second kappa shape index (κ2) is 6.64. The molecular weight excluding hydrogens is 286 g/mol. The summed E-state index contributed by atoms with van der Waals surface area (Å²) in [5.74, 6) is -2.84. The van der Waals surface area contributed by atoms with Crippen molar-refractivity contribution < 1.29 is 24.2 Å². The number of esters is 2. The summed E-state index contributed by atoms with van der Waals surface area (Å²) >= 11 is 0. The fourth-order valence-electron chi connectivity index (χ4n) is 2.00. The van der Waals surface area contributed by atoms with Crippen molar-refractivity contribution in [1.82, 2.24) is 0 Å². The van der Waals surface area contributed by atoms with Gasteiger partial charge in [0.15, 0.2) is 0 Å². The van der Waals surface area contributed by atoms with E-state index < -0.39 is 24.5 Å². The van der Waals surface area contributed by atoms with Crippen LogP contribution >= 0.6 is 0 Å². The van der Waals surface area contributed by atoms with E-state index in [0.717, 1.165) is 0 Å². The van der Waals surface area contributed by atoms with Gasteiger partial charge in [-0.25, -0.2) is 9.59 Å². The molecule has 2 aromatic carbocycles. The molecule has 0 atom stereocenters. The van der Waals surface area contributed by atoms with Crippen LogP contribution < -0.4 is 5.73 Å². The molecule has 0 aromatic heterocycles. The Morgan fingerprint density at radius 2 is 1.41 bits per heavy atom. The molecule has 6 heteroatoms. The largest absolute Gasteiger partial charge is 0.478 e. The summed E-state index contributed by atoms with van der Waals surface area (Å²) in [6.07, 6.45) is 0. The van der Waals surface area contributed by atoms with E-state index in [2.05, 4.69) is 4.74 Å². The standard InChI is InChI=1S/C16H13NO5/c17-9-14(18)22-16(21)13-8-4-2-6-11(13)10-5-1-3-7-12(10)15(19)20/h1-8H,9,17H2,(H,19,20). The highest BCUT2D eigenvalue weighted by Crippen LogP contribution is 2.27. The Kier molecular flexibility index (Phi) is 4.65. The van der Waals surface area contributed by atoms with Gasteiger partial charge in [-0.2, -0.15) is 0 Å². The molecule has 0 heterocycles. The number of benzene rings is 2. The van der Waals surface area contributed by atoms with Crippen LogP contribution in [-0.4, -0.2) is 29.6 Å². The number of aromatic carboxylic acids is 1. The van der Waals surface area contributed by atoms with Crippen molar-refractivity contribution >= 4 is 17.9 Å². The number of rotatable bonds is 4. The lowest BCUT2D eigenvalue weighted by Gasteiger charge is -2.10. The number of hydrogen-bond acceptors (Lipinski definition) is 5. The Morgan fingerprint density at radius 3 is 1.95 bits per heavy atom. The van der Waals surface area contributed by atoms with Crippen LogP contribution in [0.15, 0.2) is 48.5 Å². The maximum Gasteiger partial charge on any atom is 0.346 e. The summed E-state index contributed by atoms with van der Waals surface area (Å²) < 4.78 is 4.60. The van der Waals surface area contributed by atoms with E-state index in [1.165, 1.54) is 12.1 Å². The van der Waals surface area contributed by atoms with Gasteiger partial charge in [-0.05, 0) is 23.3 Å². The van der Waals surface area contributed by atoms with E-state index in [1.54, 1.807) is 36.4 Å². The molecule has 0 bridgehead atoms. The number of carboxylic acids is 1. The number of carboxylic acid groups (broad SMARTS) is 1. The fourth-order valence-corrected chi connectivity index (χ4v) is 2.00. The number of carbonyl (C=O) groups excluding carboxylic acids is 2. The molecule has 0 aliphatic heterocycles. The van der Waals surface area contributed by atoms with Gasteiger partial charge in [0.2, 0.25) is 0 Å². The second-order valence-electron chi connectivity index (χ2n) is 4.36. The van der Waals surface area contributed by atoms with Crippen LogP contribution in [0.4, 0.5) is 0 Å². The quantitative estimate of drug-likeness (QED) is 0.657.